The Hall–Kier alpha value is -2.14. The highest BCUT2D eigenvalue weighted by Gasteiger charge is 2.35. The predicted molar refractivity (Wildman–Crippen MR) is 98.2 cm³/mol. The number of aromatic amines is 1. The van der Waals surface area contributed by atoms with Gasteiger partial charge in [-0.3, -0.25) is 14.5 Å². The molecule has 5 nitrogen and oxygen atoms in total. The van der Waals surface area contributed by atoms with Gasteiger partial charge in [0.25, 0.3) is 0 Å². The predicted octanol–water partition coefficient (Wildman–Crippen LogP) is 3.58. The molecule has 5 heteroatoms. The molecule has 1 aliphatic rings. The van der Waals surface area contributed by atoms with Crippen molar-refractivity contribution >= 4 is 11.6 Å². The van der Waals surface area contributed by atoms with Crippen LogP contribution < -0.4 is 0 Å². The molecule has 2 atom stereocenters. The van der Waals surface area contributed by atoms with Crippen LogP contribution in [0.15, 0.2) is 18.3 Å². The zero-order valence-corrected chi connectivity index (χ0v) is 15.7. The van der Waals surface area contributed by atoms with E-state index in [-0.39, 0.29) is 23.7 Å². The molecule has 1 saturated heterocycles. The van der Waals surface area contributed by atoms with E-state index >= 15 is 0 Å². The third kappa shape index (κ3) is 2.97. The Morgan fingerprint density at radius 3 is 2.60 bits per heavy atom. The van der Waals surface area contributed by atoms with E-state index in [1.54, 1.807) is 6.92 Å². The van der Waals surface area contributed by atoms with E-state index in [4.69, 9.17) is 0 Å². The van der Waals surface area contributed by atoms with Crippen molar-refractivity contribution < 1.29 is 9.59 Å². The summed E-state index contributed by atoms with van der Waals surface area (Å²) in [6.45, 7) is 8.16. The van der Waals surface area contributed by atoms with E-state index < -0.39 is 0 Å². The number of carbonyl (C=O) groups excluding carboxylic acids is 2. The molecule has 0 saturated carbocycles. The molecule has 0 amide bonds. The first-order valence-corrected chi connectivity index (χ1v) is 8.94. The molecule has 1 N–H and O–H groups in total. The third-order valence-electron chi connectivity index (χ3n) is 5.53. The second kappa shape index (κ2) is 6.64. The molecule has 1 aliphatic heterocycles. The van der Waals surface area contributed by atoms with E-state index in [0.29, 0.717) is 11.3 Å². The molecule has 0 radical (unpaired) electrons. The van der Waals surface area contributed by atoms with Crippen molar-refractivity contribution in [3.05, 3.63) is 46.5 Å². The van der Waals surface area contributed by atoms with Crippen molar-refractivity contribution in [1.82, 2.24) is 14.5 Å². The van der Waals surface area contributed by atoms with Crippen LogP contribution >= 0.6 is 0 Å². The number of nitrogens with zero attached hydrogens (tertiary/aromatic N) is 2. The van der Waals surface area contributed by atoms with Crippen LogP contribution in [0.4, 0.5) is 0 Å². The molecule has 2 aromatic rings. The average Bonchev–Trinajstić information content (AvgIpc) is 3.24. The fourth-order valence-electron chi connectivity index (χ4n) is 4.27. The Morgan fingerprint density at radius 2 is 2.04 bits per heavy atom. The summed E-state index contributed by atoms with van der Waals surface area (Å²) in [5, 5.41) is 0. The molecule has 25 heavy (non-hydrogen) atoms. The van der Waals surface area contributed by atoms with Gasteiger partial charge in [-0.15, -0.1) is 0 Å². The smallest absolute Gasteiger partial charge is 0.196 e. The Morgan fingerprint density at radius 1 is 1.32 bits per heavy atom. The molecule has 3 rings (SSSR count). The van der Waals surface area contributed by atoms with E-state index in [2.05, 4.69) is 39.8 Å². The lowest BCUT2D eigenvalue weighted by Gasteiger charge is -2.30. The van der Waals surface area contributed by atoms with E-state index in [1.807, 2.05) is 20.8 Å². The first-order valence-electron chi connectivity index (χ1n) is 8.94. The highest BCUT2D eigenvalue weighted by molar-refractivity contribution is 6.05. The quantitative estimate of drug-likeness (QED) is 0.846. The minimum absolute atomic E-state index is 0.000752. The van der Waals surface area contributed by atoms with Gasteiger partial charge in [-0.1, -0.05) is 0 Å². The normalized spacial score (nSPS) is 19.3. The summed E-state index contributed by atoms with van der Waals surface area (Å²) in [5.74, 6) is 0.0648. The maximum Gasteiger partial charge on any atom is 0.196 e. The number of Topliss-reactive ketones (excluding diaryl/α,β-unsaturated/α-hetero) is 2. The zero-order chi connectivity index (χ0) is 18.3. The van der Waals surface area contributed by atoms with Crippen molar-refractivity contribution in [3.63, 3.8) is 0 Å². The summed E-state index contributed by atoms with van der Waals surface area (Å²) in [6, 6.07) is 4.23. The van der Waals surface area contributed by atoms with Crippen LogP contribution in [-0.4, -0.2) is 38.6 Å². The van der Waals surface area contributed by atoms with Crippen LogP contribution in [0.3, 0.4) is 0 Å². The minimum Gasteiger partial charge on any atom is -0.355 e. The lowest BCUT2D eigenvalue weighted by molar-refractivity contribution is 0.0810. The summed E-state index contributed by atoms with van der Waals surface area (Å²) in [7, 11) is 2.05. The summed E-state index contributed by atoms with van der Waals surface area (Å²) >= 11 is 0. The van der Waals surface area contributed by atoms with Gasteiger partial charge < -0.3 is 9.55 Å². The highest BCUT2D eigenvalue weighted by Crippen LogP contribution is 2.34. The summed E-state index contributed by atoms with van der Waals surface area (Å²) < 4.78 is 2.14. The molecule has 0 bridgehead atoms. The fraction of sp³-hybridized carbons (Fsp3) is 0.500. The van der Waals surface area contributed by atoms with Crippen LogP contribution in [0.1, 0.15) is 70.5 Å². The lowest BCUT2D eigenvalue weighted by Crippen LogP contribution is -2.39. The van der Waals surface area contributed by atoms with Gasteiger partial charge in [0.15, 0.2) is 11.6 Å². The van der Waals surface area contributed by atoms with Crippen LogP contribution in [0.2, 0.25) is 0 Å². The van der Waals surface area contributed by atoms with Crippen LogP contribution in [-0.2, 0) is 7.05 Å². The third-order valence-corrected chi connectivity index (χ3v) is 5.53. The number of aryl methyl sites for hydroxylation is 2. The Labute approximate surface area is 149 Å². The van der Waals surface area contributed by atoms with Gasteiger partial charge in [-0.25, -0.2) is 0 Å². The molecule has 0 aromatic carbocycles. The second-order valence-electron chi connectivity index (χ2n) is 7.16. The maximum atomic E-state index is 13.1. The van der Waals surface area contributed by atoms with Gasteiger partial charge in [0.05, 0.1) is 17.8 Å². The van der Waals surface area contributed by atoms with E-state index in [1.165, 1.54) is 5.69 Å². The number of ketones is 2. The van der Waals surface area contributed by atoms with Gasteiger partial charge in [-0.2, -0.15) is 0 Å². The van der Waals surface area contributed by atoms with Crippen molar-refractivity contribution in [2.75, 3.05) is 6.54 Å². The molecule has 3 heterocycles. The number of aromatic nitrogens is 2. The molecule has 134 valence electrons. The van der Waals surface area contributed by atoms with Crippen molar-refractivity contribution in [1.29, 1.82) is 0 Å². The first kappa shape index (κ1) is 17.7. The SMILES string of the molecule is CC(=O)c1c(C)[nH]c(C(=O)[C@@H](C)N2CCC[C@@H]2c2cccn2C)c1C. The molecule has 2 aromatic heterocycles. The average molecular weight is 341 g/mol. The number of rotatable bonds is 5. The fourth-order valence-corrected chi connectivity index (χ4v) is 4.27. The molecule has 1 fully saturated rings. The van der Waals surface area contributed by atoms with Gasteiger partial charge in [0, 0.05) is 30.2 Å². The Balaban J connectivity index is 1.89. The molecule has 0 unspecified atom stereocenters. The van der Waals surface area contributed by atoms with Gasteiger partial charge >= 0.3 is 0 Å². The number of H-pyrrole nitrogens is 1. The lowest BCUT2D eigenvalue weighted by atomic mass is 10.0. The number of nitrogens with one attached hydrogen (secondary N) is 1. The van der Waals surface area contributed by atoms with Crippen LogP contribution in [0.5, 0.6) is 0 Å². The summed E-state index contributed by atoms with van der Waals surface area (Å²) in [6.07, 6.45) is 4.21. The number of likely N-dealkylation sites (tertiary alicyclic amines) is 1. The monoisotopic (exact) mass is 341 g/mol. The molecular weight excluding hydrogens is 314 g/mol. The number of hydrogen-bond acceptors (Lipinski definition) is 3. The van der Waals surface area contributed by atoms with Crippen molar-refractivity contribution in [2.45, 2.75) is 52.6 Å². The highest BCUT2D eigenvalue weighted by atomic mass is 16.1. The minimum atomic E-state index is -0.223. The topological polar surface area (TPSA) is 58.1 Å². The van der Waals surface area contributed by atoms with E-state index in [0.717, 1.165) is 30.6 Å². The zero-order valence-electron chi connectivity index (χ0n) is 15.7. The Bertz CT molecular complexity index is 815. The van der Waals surface area contributed by atoms with Crippen LogP contribution in [0.25, 0.3) is 0 Å². The molecule has 0 aliphatic carbocycles. The second-order valence-corrected chi connectivity index (χ2v) is 7.16. The van der Waals surface area contributed by atoms with Gasteiger partial charge in [0.1, 0.15) is 0 Å². The summed E-state index contributed by atoms with van der Waals surface area (Å²) in [5.41, 5.74) is 4.03. The van der Waals surface area contributed by atoms with E-state index in [9.17, 15) is 9.59 Å². The largest absolute Gasteiger partial charge is 0.355 e. The standard InChI is InChI=1S/C20H27N3O2/c1-12-18(15(4)24)13(2)21-19(12)20(25)14(3)23-11-7-9-17(23)16-8-6-10-22(16)5/h6,8,10,14,17,21H,7,9,11H2,1-5H3/t14-,17-/m1/s1. The number of hydrogen-bond donors (Lipinski definition) is 1. The maximum absolute atomic E-state index is 13.1. The molecule has 0 spiro atoms. The first-order chi connectivity index (χ1) is 11.8. The molecular formula is C20H27N3O2. The van der Waals surface area contributed by atoms with Gasteiger partial charge in [0.2, 0.25) is 0 Å². The number of carbonyl (C=O) groups is 2. The Kier molecular flexibility index (Phi) is 4.69. The van der Waals surface area contributed by atoms with Gasteiger partial charge in [-0.05, 0) is 64.8 Å². The summed E-state index contributed by atoms with van der Waals surface area (Å²) in [4.78, 5) is 30.4. The van der Waals surface area contributed by atoms with Crippen LogP contribution in [0, 0.1) is 13.8 Å². The van der Waals surface area contributed by atoms with Crippen molar-refractivity contribution in [2.24, 2.45) is 7.05 Å². The van der Waals surface area contributed by atoms with Crippen molar-refractivity contribution in [3.8, 4) is 0 Å².